The molecule has 0 bridgehead atoms. The van der Waals surface area contributed by atoms with Crippen molar-refractivity contribution in [3.05, 3.63) is 29.0 Å². The Morgan fingerprint density at radius 3 is 2.73 bits per heavy atom. The third kappa shape index (κ3) is 3.13. The van der Waals surface area contributed by atoms with E-state index in [4.69, 9.17) is 16.7 Å². The highest BCUT2D eigenvalue weighted by atomic mass is 35.5. The summed E-state index contributed by atoms with van der Waals surface area (Å²) in [7, 11) is -3.86. The highest BCUT2D eigenvalue weighted by Crippen LogP contribution is 2.21. The molecule has 15 heavy (non-hydrogen) atoms. The molecule has 0 heterocycles. The van der Waals surface area contributed by atoms with E-state index in [-0.39, 0.29) is 23.1 Å². The van der Waals surface area contributed by atoms with Crippen molar-refractivity contribution in [3.8, 4) is 0 Å². The molecule has 0 unspecified atom stereocenters. The zero-order chi connectivity index (χ0) is 11.5. The lowest BCUT2D eigenvalue weighted by Gasteiger charge is -2.06. The molecular weight excluding hydrogens is 245 g/mol. The predicted molar refractivity (Wildman–Crippen MR) is 53.7 cm³/mol. The number of aliphatic hydroxyl groups excluding tert-OH is 1. The second-order valence-electron chi connectivity index (χ2n) is 2.70. The van der Waals surface area contributed by atoms with Gasteiger partial charge in [-0.15, -0.1) is 0 Å². The van der Waals surface area contributed by atoms with Gasteiger partial charge in [0.1, 0.15) is 10.7 Å². The summed E-state index contributed by atoms with van der Waals surface area (Å²) in [6.07, 6.45) is 0. The molecule has 1 aromatic rings. The van der Waals surface area contributed by atoms with Gasteiger partial charge in [-0.05, 0) is 18.2 Å². The van der Waals surface area contributed by atoms with Crippen molar-refractivity contribution in [2.75, 3.05) is 13.2 Å². The van der Waals surface area contributed by atoms with Crippen molar-refractivity contribution in [1.82, 2.24) is 4.72 Å². The predicted octanol–water partition coefficient (Wildman–Crippen LogP) is 0.750. The molecule has 1 rings (SSSR count). The van der Waals surface area contributed by atoms with Gasteiger partial charge in [0, 0.05) is 6.54 Å². The zero-order valence-corrected chi connectivity index (χ0v) is 9.15. The summed E-state index contributed by atoms with van der Waals surface area (Å²) >= 11 is 5.61. The van der Waals surface area contributed by atoms with Gasteiger partial charge in [-0.2, -0.15) is 0 Å². The first kappa shape index (κ1) is 12.4. The second kappa shape index (κ2) is 4.89. The topological polar surface area (TPSA) is 66.4 Å². The first-order chi connectivity index (χ1) is 6.97. The Morgan fingerprint density at radius 2 is 2.13 bits per heavy atom. The average Bonchev–Trinajstić information content (AvgIpc) is 2.18. The normalized spacial score (nSPS) is 11.7. The van der Waals surface area contributed by atoms with Crippen LogP contribution in [0.4, 0.5) is 4.39 Å². The van der Waals surface area contributed by atoms with Crippen molar-refractivity contribution in [2.45, 2.75) is 4.90 Å². The average molecular weight is 254 g/mol. The van der Waals surface area contributed by atoms with Crippen LogP contribution in [0, 0.1) is 5.82 Å². The molecule has 84 valence electrons. The van der Waals surface area contributed by atoms with Crippen LogP contribution in [0.2, 0.25) is 5.02 Å². The van der Waals surface area contributed by atoms with Crippen molar-refractivity contribution in [1.29, 1.82) is 0 Å². The van der Waals surface area contributed by atoms with Crippen molar-refractivity contribution >= 4 is 21.6 Å². The van der Waals surface area contributed by atoms with Gasteiger partial charge in [0.05, 0.1) is 11.6 Å². The summed E-state index contributed by atoms with van der Waals surface area (Å²) in [5.74, 6) is -0.691. The lowest BCUT2D eigenvalue weighted by molar-refractivity contribution is 0.301. The number of benzene rings is 1. The molecule has 0 aliphatic rings. The summed E-state index contributed by atoms with van der Waals surface area (Å²) in [4.78, 5) is -0.336. The largest absolute Gasteiger partial charge is 0.395 e. The Hall–Kier alpha value is -0.690. The van der Waals surface area contributed by atoms with Gasteiger partial charge in [0.2, 0.25) is 10.0 Å². The molecule has 0 aliphatic heterocycles. The van der Waals surface area contributed by atoms with E-state index in [1.165, 1.54) is 0 Å². The highest BCUT2D eigenvalue weighted by molar-refractivity contribution is 7.89. The number of sulfonamides is 1. The van der Waals surface area contributed by atoms with Gasteiger partial charge in [0.25, 0.3) is 0 Å². The smallest absolute Gasteiger partial charge is 0.242 e. The van der Waals surface area contributed by atoms with E-state index in [9.17, 15) is 12.8 Å². The molecule has 0 amide bonds. The number of halogens is 2. The maximum absolute atomic E-state index is 12.8. The summed E-state index contributed by atoms with van der Waals surface area (Å²) in [6, 6.07) is 3.04. The van der Waals surface area contributed by atoms with Gasteiger partial charge in [-0.1, -0.05) is 11.6 Å². The molecule has 0 aromatic heterocycles. The van der Waals surface area contributed by atoms with Crippen LogP contribution in [0.5, 0.6) is 0 Å². The Labute approximate surface area is 91.7 Å². The van der Waals surface area contributed by atoms with E-state index in [0.29, 0.717) is 0 Å². The standard InChI is InChI=1S/C8H9ClFNO3S/c9-7-2-1-6(10)5-8(7)15(13,14)11-3-4-12/h1-2,5,11-12H,3-4H2. The molecule has 0 atom stereocenters. The minimum Gasteiger partial charge on any atom is -0.395 e. The Kier molecular flexibility index (Phi) is 4.04. The lowest BCUT2D eigenvalue weighted by atomic mass is 10.3. The quantitative estimate of drug-likeness (QED) is 0.832. The molecule has 0 fully saturated rings. The van der Waals surface area contributed by atoms with Crippen LogP contribution >= 0.6 is 11.6 Å². The molecule has 0 aliphatic carbocycles. The second-order valence-corrected chi connectivity index (χ2v) is 4.84. The molecule has 0 spiro atoms. The Morgan fingerprint density at radius 1 is 1.47 bits per heavy atom. The number of aliphatic hydroxyl groups is 1. The summed E-state index contributed by atoms with van der Waals surface area (Å²) in [5.41, 5.74) is 0. The maximum atomic E-state index is 12.8. The van der Waals surface area contributed by atoms with E-state index in [0.717, 1.165) is 18.2 Å². The fraction of sp³-hybridized carbons (Fsp3) is 0.250. The number of hydrogen-bond donors (Lipinski definition) is 2. The molecule has 0 saturated heterocycles. The fourth-order valence-electron chi connectivity index (χ4n) is 0.941. The van der Waals surface area contributed by atoms with E-state index < -0.39 is 15.8 Å². The van der Waals surface area contributed by atoms with Crippen LogP contribution in [0.1, 0.15) is 0 Å². The monoisotopic (exact) mass is 253 g/mol. The van der Waals surface area contributed by atoms with Gasteiger partial charge in [0.15, 0.2) is 0 Å². The zero-order valence-electron chi connectivity index (χ0n) is 7.57. The number of nitrogens with one attached hydrogen (secondary N) is 1. The van der Waals surface area contributed by atoms with Gasteiger partial charge in [-0.3, -0.25) is 0 Å². The molecule has 2 N–H and O–H groups in total. The van der Waals surface area contributed by atoms with Gasteiger partial charge >= 0.3 is 0 Å². The Bertz CT molecular complexity index is 449. The highest BCUT2D eigenvalue weighted by Gasteiger charge is 2.17. The van der Waals surface area contributed by atoms with E-state index in [1.54, 1.807) is 0 Å². The van der Waals surface area contributed by atoms with Gasteiger partial charge in [-0.25, -0.2) is 17.5 Å². The Balaban J connectivity index is 3.09. The SMILES string of the molecule is O=S(=O)(NCCO)c1cc(F)ccc1Cl. The summed E-state index contributed by atoms with van der Waals surface area (Å²) < 4.78 is 37.8. The maximum Gasteiger partial charge on any atom is 0.242 e. The number of rotatable bonds is 4. The fourth-order valence-corrected chi connectivity index (χ4v) is 2.47. The van der Waals surface area contributed by atoms with Crippen LogP contribution < -0.4 is 4.72 Å². The molecular formula is C8H9ClFNO3S. The first-order valence-electron chi connectivity index (χ1n) is 4.03. The lowest BCUT2D eigenvalue weighted by Crippen LogP contribution is -2.27. The van der Waals surface area contributed by atoms with Crippen molar-refractivity contribution < 1.29 is 17.9 Å². The van der Waals surface area contributed by atoms with Gasteiger partial charge < -0.3 is 5.11 Å². The van der Waals surface area contributed by atoms with E-state index >= 15 is 0 Å². The van der Waals surface area contributed by atoms with Crippen LogP contribution in [-0.4, -0.2) is 26.7 Å². The molecule has 1 aromatic carbocycles. The van der Waals surface area contributed by atoms with Crippen LogP contribution in [0.3, 0.4) is 0 Å². The summed E-state index contributed by atoms with van der Waals surface area (Å²) in [5, 5.41) is 8.40. The van der Waals surface area contributed by atoms with Crippen LogP contribution in [0.25, 0.3) is 0 Å². The van der Waals surface area contributed by atoms with Crippen molar-refractivity contribution in [2.24, 2.45) is 0 Å². The molecule has 0 radical (unpaired) electrons. The van der Waals surface area contributed by atoms with E-state index in [2.05, 4.69) is 4.72 Å². The number of hydrogen-bond acceptors (Lipinski definition) is 3. The van der Waals surface area contributed by atoms with Crippen LogP contribution in [0.15, 0.2) is 23.1 Å². The third-order valence-electron chi connectivity index (χ3n) is 1.59. The van der Waals surface area contributed by atoms with E-state index in [1.807, 2.05) is 0 Å². The molecule has 7 heteroatoms. The minimum absolute atomic E-state index is 0.0677. The molecule has 4 nitrogen and oxygen atoms in total. The molecule has 0 saturated carbocycles. The summed E-state index contributed by atoms with van der Waals surface area (Å²) in [6.45, 7) is -0.485. The minimum atomic E-state index is -3.86. The first-order valence-corrected chi connectivity index (χ1v) is 5.89. The van der Waals surface area contributed by atoms with Crippen LogP contribution in [-0.2, 0) is 10.0 Å². The van der Waals surface area contributed by atoms with Crippen molar-refractivity contribution in [3.63, 3.8) is 0 Å². The third-order valence-corrected chi connectivity index (χ3v) is 3.53.